The van der Waals surface area contributed by atoms with Crippen LogP contribution in [0.25, 0.3) is 10.9 Å². The van der Waals surface area contributed by atoms with Gasteiger partial charge >= 0.3 is 0 Å². The Kier molecular flexibility index (Phi) is 3.73. The van der Waals surface area contributed by atoms with Crippen LogP contribution in [-0.4, -0.2) is 25.2 Å². The maximum absolute atomic E-state index is 5.73. The molecule has 2 aromatic rings. The van der Waals surface area contributed by atoms with E-state index >= 15 is 0 Å². The van der Waals surface area contributed by atoms with Gasteiger partial charge in [-0.15, -0.1) is 0 Å². The average Bonchev–Trinajstić information content (AvgIpc) is 2.36. The molecule has 0 spiro atoms. The first-order valence-electron chi connectivity index (χ1n) is 5.59. The van der Waals surface area contributed by atoms with Crippen LogP contribution in [0.4, 0.5) is 0 Å². The minimum absolute atomic E-state index is 0.510. The minimum atomic E-state index is 0.510. The van der Waals surface area contributed by atoms with E-state index in [-0.39, 0.29) is 0 Å². The highest BCUT2D eigenvalue weighted by Crippen LogP contribution is 2.23. The van der Waals surface area contributed by atoms with E-state index in [0.717, 1.165) is 28.8 Å². The van der Waals surface area contributed by atoms with E-state index in [2.05, 4.69) is 16.9 Å². The fourth-order valence-corrected chi connectivity index (χ4v) is 1.67. The van der Waals surface area contributed by atoms with Crippen LogP contribution in [0, 0.1) is 0 Å². The third-order valence-corrected chi connectivity index (χ3v) is 2.45. The van der Waals surface area contributed by atoms with Crippen LogP contribution < -0.4 is 10.1 Å². The van der Waals surface area contributed by atoms with Crippen molar-refractivity contribution in [2.75, 3.05) is 20.2 Å². The van der Waals surface area contributed by atoms with Crippen LogP contribution in [0.2, 0.25) is 0 Å². The molecule has 0 aliphatic heterocycles. The van der Waals surface area contributed by atoms with Gasteiger partial charge in [0.15, 0.2) is 0 Å². The Morgan fingerprint density at radius 2 is 2.18 bits per heavy atom. The van der Waals surface area contributed by atoms with Gasteiger partial charge in [0.2, 0.25) is 0 Å². The van der Waals surface area contributed by atoms with Crippen molar-refractivity contribution in [3.05, 3.63) is 48.7 Å². The highest BCUT2D eigenvalue weighted by molar-refractivity contribution is 5.84. The molecule has 17 heavy (non-hydrogen) atoms. The van der Waals surface area contributed by atoms with Crippen molar-refractivity contribution in [1.29, 1.82) is 0 Å². The summed E-state index contributed by atoms with van der Waals surface area (Å²) in [6, 6.07) is 9.88. The number of pyridine rings is 1. The molecule has 0 radical (unpaired) electrons. The maximum atomic E-state index is 5.73. The van der Waals surface area contributed by atoms with Crippen LogP contribution in [-0.2, 0) is 0 Å². The first-order chi connectivity index (χ1) is 8.31. The molecule has 1 N–H and O–H groups in total. The van der Waals surface area contributed by atoms with E-state index in [1.807, 2.05) is 37.4 Å². The molecule has 1 aromatic carbocycles. The number of hydrogen-bond acceptors (Lipinski definition) is 3. The third-order valence-electron chi connectivity index (χ3n) is 2.45. The number of benzene rings is 1. The first-order valence-corrected chi connectivity index (χ1v) is 5.59. The molecule has 0 atom stereocenters. The number of nitrogens with zero attached hydrogens (tertiary/aromatic N) is 1. The number of nitrogens with one attached hydrogen (secondary N) is 1. The number of rotatable bonds is 5. The Morgan fingerprint density at radius 1 is 1.35 bits per heavy atom. The van der Waals surface area contributed by atoms with Gasteiger partial charge in [-0.25, -0.2) is 0 Å². The van der Waals surface area contributed by atoms with Crippen LogP contribution in [0.15, 0.2) is 48.7 Å². The lowest BCUT2D eigenvalue weighted by Gasteiger charge is -2.10. The smallest absolute Gasteiger partial charge is 0.146 e. The first kappa shape index (κ1) is 11.6. The number of fused-ring (bicyclic) bond motifs is 1. The molecular formula is C14H16N2O. The zero-order valence-corrected chi connectivity index (χ0v) is 9.94. The Balaban J connectivity index is 2.16. The Labute approximate surface area is 101 Å². The molecule has 3 nitrogen and oxygen atoms in total. The zero-order chi connectivity index (χ0) is 12.1. The predicted molar refractivity (Wildman–Crippen MR) is 70.3 cm³/mol. The van der Waals surface area contributed by atoms with E-state index in [0.29, 0.717) is 6.61 Å². The van der Waals surface area contributed by atoms with Gasteiger partial charge in [-0.1, -0.05) is 24.8 Å². The van der Waals surface area contributed by atoms with E-state index < -0.39 is 0 Å². The van der Waals surface area contributed by atoms with Crippen molar-refractivity contribution >= 4 is 10.9 Å². The fraction of sp³-hybridized carbons (Fsp3) is 0.214. The van der Waals surface area contributed by atoms with Crippen LogP contribution >= 0.6 is 0 Å². The van der Waals surface area contributed by atoms with Crippen molar-refractivity contribution in [1.82, 2.24) is 10.3 Å². The summed E-state index contributed by atoms with van der Waals surface area (Å²) >= 11 is 0. The Morgan fingerprint density at radius 3 is 3.00 bits per heavy atom. The minimum Gasteiger partial charge on any atom is -0.487 e. The number of para-hydroxylation sites is 1. The molecule has 3 heteroatoms. The van der Waals surface area contributed by atoms with E-state index in [9.17, 15) is 0 Å². The molecular weight excluding hydrogens is 212 g/mol. The molecule has 0 bridgehead atoms. The summed E-state index contributed by atoms with van der Waals surface area (Å²) in [5.41, 5.74) is 1.91. The SMILES string of the molecule is C=C(CNC)COc1cccc2cccnc12. The van der Waals surface area contributed by atoms with Gasteiger partial charge in [0.25, 0.3) is 0 Å². The molecule has 0 aliphatic rings. The molecule has 0 saturated heterocycles. The van der Waals surface area contributed by atoms with E-state index in [1.54, 1.807) is 6.20 Å². The van der Waals surface area contributed by atoms with Crippen LogP contribution in [0.1, 0.15) is 0 Å². The zero-order valence-electron chi connectivity index (χ0n) is 9.94. The molecule has 1 heterocycles. The number of likely N-dealkylation sites (N-methyl/N-ethyl adjacent to an activating group) is 1. The summed E-state index contributed by atoms with van der Waals surface area (Å²) in [5, 5.41) is 4.13. The largest absolute Gasteiger partial charge is 0.487 e. The summed E-state index contributed by atoms with van der Waals surface area (Å²) < 4.78 is 5.73. The second kappa shape index (κ2) is 5.46. The molecule has 0 fully saturated rings. The fourth-order valence-electron chi connectivity index (χ4n) is 1.67. The van der Waals surface area contributed by atoms with Gasteiger partial charge in [-0.3, -0.25) is 4.98 Å². The van der Waals surface area contributed by atoms with Gasteiger partial charge in [0.05, 0.1) is 0 Å². The van der Waals surface area contributed by atoms with Crippen molar-refractivity contribution < 1.29 is 4.74 Å². The van der Waals surface area contributed by atoms with Gasteiger partial charge in [0, 0.05) is 18.1 Å². The molecule has 0 unspecified atom stereocenters. The van der Waals surface area contributed by atoms with Gasteiger partial charge in [-0.2, -0.15) is 0 Å². The summed E-state index contributed by atoms with van der Waals surface area (Å²) in [6.45, 7) is 5.20. The highest BCUT2D eigenvalue weighted by Gasteiger charge is 2.02. The lowest BCUT2D eigenvalue weighted by atomic mass is 10.2. The molecule has 1 aromatic heterocycles. The molecule has 88 valence electrons. The number of hydrogen-bond donors (Lipinski definition) is 1. The van der Waals surface area contributed by atoms with Crippen molar-refractivity contribution in [3.8, 4) is 5.75 Å². The molecule has 0 saturated carbocycles. The van der Waals surface area contributed by atoms with Crippen LogP contribution in [0.3, 0.4) is 0 Å². The van der Waals surface area contributed by atoms with Crippen molar-refractivity contribution in [2.24, 2.45) is 0 Å². The molecule has 0 amide bonds. The van der Waals surface area contributed by atoms with Crippen molar-refractivity contribution in [3.63, 3.8) is 0 Å². The third kappa shape index (κ3) is 2.82. The summed E-state index contributed by atoms with van der Waals surface area (Å²) in [6.07, 6.45) is 1.78. The second-order valence-electron chi connectivity index (χ2n) is 3.90. The number of ether oxygens (including phenoxy) is 1. The second-order valence-corrected chi connectivity index (χ2v) is 3.90. The highest BCUT2D eigenvalue weighted by atomic mass is 16.5. The Bertz CT molecular complexity index is 517. The summed E-state index contributed by atoms with van der Waals surface area (Å²) in [5.74, 6) is 0.806. The van der Waals surface area contributed by atoms with Crippen LogP contribution in [0.5, 0.6) is 5.75 Å². The number of aromatic nitrogens is 1. The Hall–Kier alpha value is -1.87. The van der Waals surface area contributed by atoms with E-state index in [1.165, 1.54) is 0 Å². The lowest BCUT2D eigenvalue weighted by molar-refractivity contribution is 0.352. The van der Waals surface area contributed by atoms with Gasteiger partial charge in [0.1, 0.15) is 17.9 Å². The van der Waals surface area contributed by atoms with Crippen molar-refractivity contribution in [2.45, 2.75) is 0 Å². The standard InChI is InChI=1S/C14H16N2O/c1-11(9-15-2)10-17-13-7-3-5-12-6-4-8-16-14(12)13/h3-8,15H,1,9-10H2,2H3. The maximum Gasteiger partial charge on any atom is 0.146 e. The normalized spacial score (nSPS) is 10.4. The summed E-state index contributed by atoms with van der Waals surface area (Å²) in [4.78, 5) is 4.33. The molecule has 2 rings (SSSR count). The topological polar surface area (TPSA) is 34.1 Å². The van der Waals surface area contributed by atoms with Gasteiger partial charge < -0.3 is 10.1 Å². The molecule has 0 aliphatic carbocycles. The van der Waals surface area contributed by atoms with Gasteiger partial charge in [-0.05, 0) is 24.8 Å². The lowest BCUT2D eigenvalue weighted by Crippen LogP contribution is -2.14. The average molecular weight is 228 g/mol. The summed E-state index contributed by atoms with van der Waals surface area (Å²) in [7, 11) is 1.89. The predicted octanol–water partition coefficient (Wildman–Crippen LogP) is 2.39. The quantitative estimate of drug-likeness (QED) is 0.798. The van der Waals surface area contributed by atoms with E-state index in [4.69, 9.17) is 4.74 Å². The monoisotopic (exact) mass is 228 g/mol.